The number of rotatable bonds is 7. The van der Waals surface area contributed by atoms with Gasteiger partial charge in [-0.25, -0.2) is 0 Å². The van der Waals surface area contributed by atoms with Crippen LogP contribution in [0.2, 0.25) is 0 Å². The fraction of sp³-hybridized carbons (Fsp3) is 0.667. The van der Waals surface area contributed by atoms with Gasteiger partial charge in [0.25, 0.3) is 0 Å². The number of allylic oxidation sites excluding steroid dienone is 2. The first-order valence-corrected chi connectivity index (χ1v) is 10.6. The van der Waals surface area contributed by atoms with Crippen LogP contribution in [0.5, 0.6) is 5.75 Å². The lowest BCUT2D eigenvalue weighted by molar-refractivity contribution is 0.187. The predicted molar refractivity (Wildman–Crippen MR) is 108 cm³/mol. The third kappa shape index (κ3) is 5.12. The second-order valence-electron chi connectivity index (χ2n) is 8.27. The first-order valence-electron chi connectivity index (χ1n) is 10.6. The van der Waals surface area contributed by atoms with Crippen LogP contribution in [-0.2, 0) is 0 Å². The molecule has 1 unspecified atom stereocenters. The van der Waals surface area contributed by atoms with Crippen LogP contribution in [-0.4, -0.2) is 7.11 Å². The van der Waals surface area contributed by atoms with E-state index in [2.05, 4.69) is 37.3 Å². The minimum Gasteiger partial charge on any atom is -0.497 e. The van der Waals surface area contributed by atoms with Gasteiger partial charge in [0.05, 0.1) is 7.11 Å². The quantitative estimate of drug-likeness (QED) is 0.474. The highest BCUT2D eigenvalue weighted by Gasteiger charge is 2.28. The van der Waals surface area contributed by atoms with Crippen LogP contribution in [0.25, 0.3) is 5.57 Å². The van der Waals surface area contributed by atoms with Gasteiger partial charge < -0.3 is 4.74 Å². The second kappa shape index (κ2) is 9.46. The van der Waals surface area contributed by atoms with E-state index in [1.54, 1.807) is 12.7 Å². The smallest absolute Gasteiger partial charge is 0.118 e. The van der Waals surface area contributed by atoms with Crippen molar-refractivity contribution in [1.82, 2.24) is 0 Å². The lowest BCUT2D eigenvalue weighted by Gasteiger charge is -2.35. The Morgan fingerprint density at radius 2 is 1.68 bits per heavy atom. The maximum atomic E-state index is 5.27. The zero-order valence-electron chi connectivity index (χ0n) is 16.3. The van der Waals surface area contributed by atoms with Crippen LogP contribution in [0.1, 0.15) is 83.1 Å². The van der Waals surface area contributed by atoms with Crippen molar-refractivity contribution in [3.63, 3.8) is 0 Å². The van der Waals surface area contributed by atoms with Crippen molar-refractivity contribution in [2.24, 2.45) is 17.8 Å². The molecule has 0 aromatic heterocycles. The fourth-order valence-corrected chi connectivity index (χ4v) is 4.98. The summed E-state index contributed by atoms with van der Waals surface area (Å²) in [7, 11) is 1.73. The normalized spacial score (nSPS) is 27.0. The lowest BCUT2D eigenvalue weighted by Crippen LogP contribution is -2.23. The molecule has 2 aliphatic carbocycles. The summed E-state index contributed by atoms with van der Waals surface area (Å²) in [5.41, 5.74) is 2.94. The first-order chi connectivity index (χ1) is 12.3. The van der Waals surface area contributed by atoms with Gasteiger partial charge in [-0.1, -0.05) is 63.7 Å². The molecule has 0 N–H and O–H groups in total. The summed E-state index contributed by atoms with van der Waals surface area (Å²) in [6.07, 6.45) is 18.2. The molecule has 0 saturated heterocycles. The minimum absolute atomic E-state index is 0.943. The van der Waals surface area contributed by atoms with Crippen molar-refractivity contribution < 1.29 is 4.74 Å². The van der Waals surface area contributed by atoms with Gasteiger partial charge in [-0.15, -0.1) is 0 Å². The van der Waals surface area contributed by atoms with Crippen LogP contribution >= 0.6 is 0 Å². The van der Waals surface area contributed by atoms with Crippen LogP contribution in [0.15, 0.2) is 30.3 Å². The average Bonchev–Trinajstić information content (AvgIpc) is 2.69. The minimum atomic E-state index is 0.943. The van der Waals surface area contributed by atoms with Gasteiger partial charge in [-0.2, -0.15) is 0 Å². The Labute approximate surface area is 154 Å². The van der Waals surface area contributed by atoms with E-state index >= 15 is 0 Å². The molecule has 0 heterocycles. The van der Waals surface area contributed by atoms with Crippen molar-refractivity contribution in [3.8, 4) is 5.75 Å². The SMILES string of the molecule is CCCCCC1CCC(C2CC=C(c3ccc(OC)cc3)CC2)CC1. The van der Waals surface area contributed by atoms with E-state index in [0.29, 0.717) is 0 Å². The molecule has 1 heteroatoms. The summed E-state index contributed by atoms with van der Waals surface area (Å²) in [4.78, 5) is 0. The predicted octanol–water partition coefficient (Wildman–Crippen LogP) is 7.27. The van der Waals surface area contributed by atoms with Crippen LogP contribution in [0.3, 0.4) is 0 Å². The van der Waals surface area contributed by atoms with E-state index in [-0.39, 0.29) is 0 Å². The Bertz CT molecular complexity index is 534. The van der Waals surface area contributed by atoms with E-state index in [0.717, 1.165) is 23.5 Å². The van der Waals surface area contributed by atoms with Crippen LogP contribution in [0.4, 0.5) is 0 Å². The molecule has 25 heavy (non-hydrogen) atoms. The molecule has 0 radical (unpaired) electrons. The second-order valence-corrected chi connectivity index (χ2v) is 8.27. The Balaban J connectivity index is 1.46. The largest absolute Gasteiger partial charge is 0.497 e. The Morgan fingerprint density at radius 3 is 2.28 bits per heavy atom. The standard InChI is InChI=1S/C24H36O/c1-3-4-5-6-19-7-9-20(10-8-19)21-11-13-22(14-12-21)23-15-17-24(25-2)18-16-23/h13,15-21H,3-12,14H2,1-2H3. The van der Waals surface area contributed by atoms with Crippen molar-refractivity contribution in [2.45, 2.75) is 77.6 Å². The van der Waals surface area contributed by atoms with Crippen molar-refractivity contribution in [3.05, 3.63) is 35.9 Å². The van der Waals surface area contributed by atoms with Crippen LogP contribution < -0.4 is 4.74 Å². The highest BCUT2D eigenvalue weighted by molar-refractivity contribution is 5.66. The van der Waals surface area contributed by atoms with Crippen LogP contribution in [0, 0.1) is 17.8 Å². The van der Waals surface area contributed by atoms with Gasteiger partial charge in [-0.3, -0.25) is 0 Å². The number of hydrogen-bond acceptors (Lipinski definition) is 1. The van der Waals surface area contributed by atoms with Gasteiger partial charge in [-0.05, 0) is 73.1 Å². The molecule has 2 aliphatic rings. The van der Waals surface area contributed by atoms with Crippen molar-refractivity contribution >= 4 is 5.57 Å². The van der Waals surface area contributed by atoms with E-state index in [9.17, 15) is 0 Å². The highest BCUT2D eigenvalue weighted by atomic mass is 16.5. The number of hydrogen-bond donors (Lipinski definition) is 0. The fourth-order valence-electron chi connectivity index (χ4n) is 4.98. The third-order valence-corrected chi connectivity index (χ3v) is 6.69. The molecule has 1 atom stereocenters. The number of benzene rings is 1. The van der Waals surface area contributed by atoms with Crippen molar-refractivity contribution in [1.29, 1.82) is 0 Å². The molecule has 1 nitrogen and oxygen atoms in total. The molecule has 1 fully saturated rings. The van der Waals surface area contributed by atoms with E-state index < -0.39 is 0 Å². The van der Waals surface area contributed by atoms with Gasteiger partial charge in [0, 0.05) is 0 Å². The number of ether oxygens (including phenoxy) is 1. The molecular formula is C24H36O. The molecule has 0 amide bonds. The zero-order chi connectivity index (χ0) is 17.5. The molecule has 3 rings (SSSR count). The van der Waals surface area contributed by atoms with E-state index in [4.69, 9.17) is 4.74 Å². The van der Waals surface area contributed by atoms with Gasteiger partial charge in [0.15, 0.2) is 0 Å². The molecule has 1 saturated carbocycles. The summed E-state index contributed by atoms with van der Waals surface area (Å²) in [5, 5.41) is 0. The van der Waals surface area contributed by atoms with Gasteiger partial charge in [0.1, 0.15) is 5.75 Å². The Morgan fingerprint density at radius 1 is 0.920 bits per heavy atom. The summed E-state index contributed by atoms with van der Waals surface area (Å²) in [6.45, 7) is 2.31. The van der Waals surface area contributed by atoms with Crippen molar-refractivity contribution in [2.75, 3.05) is 7.11 Å². The average molecular weight is 341 g/mol. The third-order valence-electron chi connectivity index (χ3n) is 6.69. The highest BCUT2D eigenvalue weighted by Crippen LogP contribution is 2.42. The molecule has 1 aromatic carbocycles. The first kappa shape index (κ1) is 18.5. The lowest BCUT2D eigenvalue weighted by atomic mass is 9.70. The number of methoxy groups -OCH3 is 1. The molecule has 0 spiro atoms. The summed E-state index contributed by atoms with van der Waals surface area (Å²) in [5.74, 6) is 3.93. The molecule has 0 bridgehead atoms. The molecule has 0 aliphatic heterocycles. The van der Waals surface area contributed by atoms with Gasteiger partial charge >= 0.3 is 0 Å². The Kier molecular flexibility index (Phi) is 7.02. The molecular weight excluding hydrogens is 304 g/mol. The van der Waals surface area contributed by atoms with Gasteiger partial charge in [0.2, 0.25) is 0 Å². The summed E-state index contributed by atoms with van der Waals surface area (Å²) < 4.78 is 5.27. The summed E-state index contributed by atoms with van der Waals surface area (Å²) >= 11 is 0. The number of unbranched alkanes of at least 4 members (excludes halogenated alkanes) is 2. The summed E-state index contributed by atoms with van der Waals surface area (Å²) in [6, 6.07) is 8.60. The maximum absolute atomic E-state index is 5.27. The molecule has 1 aromatic rings. The zero-order valence-corrected chi connectivity index (χ0v) is 16.3. The topological polar surface area (TPSA) is 9.23 Å². The molecule has 138 valence electrons. The monoisotopic (exact) mass is 340 g/mol. The maximum Gasteiger partial charge on any atom is 0.118 e. The van der Waals surface area contributed by atoms with E-state index in [1.165, 1.54) is 76.2 Å². The Hall–Kier alpha value is -1.24. The van der Waals surface area contributed by atoms with E-state index in [1.807, 2.05) is 0 Å².